The van der Waals surface area contributed by atoms with Crippen molar-refractivity contribution in [2.75, 3.05) is 0 Å². The average molecular weight is 407 g/mol. The zero-order valence-corrected chi connectivity index (χ0v) is 16.8. The summed E-state index contributed by atoms with van der Waals surface area (Å²) in [5.74, 6) is -1.00. The van der Waals surface area contributed by atoms with Crippen molar-refractivity contribution in [3.8, 4) is 11.5 Å². The first-order valence-corrected chi connectivity index (χ1v) is 10.00. The van der Waals surface area contributed by atoms with E-state index in [9.17, 15) is 19.8 Å². The fourth-order valence-corrected chi connectivity index (χ4v) is 3.29. The topological polar surface area (TPSA) is 104 Å². The van der Waals surface area contributed by atoms with Crippen molar-refractivity contribution < 1.29 is 15.0 Å². The fourth-order valence-electron chi connectivity index (χ4n) is 3.29. The summed E-state index contributed by atoms with van der Waals surface area (Å²) in [4.78, 5) is 25.7. The van der Waals surface area contributed by atoms with Crippen LogP contribution in [0.1, 0.15) is 48.5 Å². The number of amides is 1. The molecule has 2 aromatic carbocycles. The summed E-state index contributed by atoms with van der Waals surface area (Å²) in [5, 5.41) is 24.2. The van der Waals surface area contributed by atoms with Gasteiger partial charge < -0.3 is 14.8 Å². The van der Waals surface area contributed by atoms with Gasteiger partial charge in [-0.15, -0.1) is 0 Å². The van der Waals surface area contributed by atoms with Crippen LogP contribution in [0.25, 0.3) is 10.9 Å². The number of benzene rings is 2. The molecule has 0 aliphatic carbocycles. The summed E-state index contributed by atoms with van der Waals surface area (Å²) in [6, 6.07) is 13.2. The molecule has 7 nitrogen and oxygen atoms in total. The quantitative estimate of drug-likeness (QED) is 0.300. The molecule has 0 saturated heterocycles. The SMILES string of the molecule is CCCCCCn1c(=O)c(C(=O)N/N=C\c2ccc(O)cc2)c(O)c2ccccc21. The third kappa shape index (κ3) is 4.68. The molecule has 1 aromatic heterocycles. The van der Waals surface area contributed by atoms with Gasteiger partial charge in [0.1, 0.15) is 17.1 Å². The monoisotopic (exact) mass is 407 g/mol. The number of carbonyl (C=O) groups excluding carboxylic acids is 1. The Hall–Kier alpha value is -3.61. The highest BCUT2D eigenvalue weighted by atomic mass is 16.3. The Morgan fingerprint density at radius 3 is 2.53 bits per heavy atom. The number of para-hydroxylation sites is 1. The minimum atomic E-state index is -0.777. The number of pyridine rings is 1. The van der Waals surface area contributed by atoms with Crippen LogP contribution in [-0.4, -0.2) is 26.9 Å². The van der Waals surface area contributed by atoms with Crippen LogP contribution >= 0.6 is 0 Å². The van der Waals surface area contributed by atoms with Crippen LogP contribution in [0.15, 0.2) is 58.4 Å². The minimum Gasteiger partial charge on any atom is -0.508 e. The Balaban J connectivity index is 1.91. The van der Waals surface area contributed by atoms with Crippen molar-refractivity contribution in [1.82, 2.24) is 9.99 Å². The summed E-state index contributed by atoms with van der Waals surface area (Å²) in [5.41, 5.74) is 2.69. The molecule has 3 N–H and O–H groups in total. The zero-order chi connectivity index (χ0) is 21.5. The summed E-state index contributed by atoms with van der Waals surface area (Å²) >= 11 is 0. The molecule has 1 amide bonds. The van der Waals surface area contributed by atoms with Crippen LogP contribution in [0.3, 0.4) is 0 Å². The minimum absolute atomic E-state index is 0.122. The molecule has 30 heavy (non-hydrogen) atoms. The number of nitrogens with zero attached hydrogens (tertiary/aromatic N) is 2. The van der Waals surface area contributed by atoms with Gasteiger partial charge in [0, 0.05) is 11.9 Å². The molecule has 7 heteroatoms. The van der Waals surface area contributed by atoms with Crippen molar-refractivity contribution in [1.29, 1.82) is 0 Å². The second-order valence-electron chi connectivity index (χ2n) is 7.05. The number of hydrogen-bond donors (Lipinski definition) is 3. The lowest BCUT2D eigenvalue weighted by Gasteiger charge is -2.14. The lowest BCUT2D eigenvalue weighted by Crippen LogP contribution is -2.31. The molecular formula is C23H25N3O4. The van der Waals surface area contributed by atoms with Crippen molar-refractivity contribution in [3.05, 3.63) is 70.0 Å². The van der Waals surface area contributed by atoms with Gasteiger partial charge in [-0.1, -0.05) is 38.3 Å². The molecule has 0 radical (unpaired) electrons. The number of hydrogen-bond acceptors (Lipinski definition) is 5. The Morgan fingerprint density at radius 2 is 1.80 bits per heavy atom. The third-order valence-electron chi connectivity index (χ3n) is 4.88. The number of unbranched alkanes of at least 4 members (excludes halogenated alkanes) is 3. The second kappa shape index (κ2) is 9.73. The molecular weight excluding hydrogens is 382 g/mol. The summed E-state index contributed by atoms with van der Waals surface area (Å²) in [6.45, 7) is 2.58. The van der Waals surface area contributed by atoms with Gasteiger partial charge >= 0.3 is 0 Å². The number of aryl methyl sites for hydroxylation is 1. The van der Waals surface area contributed by atoms with E-state index in [-0.39, 0.29) is 17.1 Å². The van der Waals surface area contributed by atoms with Gasteiger partial charge in [-0.2, -0.15) is 5.10 Å². The summed E-state index contributed by atoms with van der Waals surface area (Å²) in [7, 11) is 0. The highest BCUT2D eigenvalue weighted by molar-refractivity contribution is 6.02. The number of phenolic OH excluding ortho intramolecular Hbond substituents is 1. The largest absolute Gasteiger partial charge is 0.508 e. The first-order valence-electron chi connectivity index (χ1n) is 10.00. The van der Waals surface area contributed by atoms with Crippen LogP contribution in [0.5, 0.6) is 11.5 Å². The van der Waals surface area contributed by atoms with Crippen molar-refractivity contribution in [2.24, 2.45) is 5.10 Å². The van der Waals surface area contributed by atoms with E-state index in [0.29, 0.717) is 23.0 Å². The molecule has 0 atom stereocenters. The molecule has 3 aromatic rings. The maximum atomic E-state index is 13.0. The highest BCUT2D eigenvalue weighted by Crippen LogP contribution is 2.26. The molecule has 0 bridgehead atoms. The predicted molar refractivity (Wildman–Crippen MR) is 117 cm³/mol. The summed E-state index contributed by atoms with van der Waals surface area (Å²) < 4.78 is 1.54. The Kier molecular flexibility index (Phi) is 6.85. The third-order valence-corrected chi connectivity index (χ3v) is 4.88. The van der Waals surface area contributed by atoms with Gasteiger partial charge in [-0.3, -0.25) is 9.59 Å². The Bertz CT molecular complexity index is 1120. The number of hydrazone groups is 1. The lowest BCUT2D eigenvalue weighted by molar-refractivity contribution is 0.0950. The zero-order valence-electron chi connectivity index (χ0n) is 16.8. The fraction of sp³-hybridized carbons (Fsp3) is 0.261. The van der Waals surface area contributed by atoms with E-state index in [0.717, 1.165) is 25.7 Å². The van der Waals surface area contributed by atoms with Gasteiger partial charge in [0.25, 0.3) is 11.5 Å². The van der Waals surface area contributed by atoms with Crippen molar-refractivity contribution in [2.45, 2.75) is 39.2 Å². The smallest absolute Gasteiger partial charge is 0.280 e. The van der Waals surface area contributed by atoms with Crippen LogP contribution in [-0.2, 0) is 6.54 Å². The van der Waals surface area contributed by atoms with Gasteiger partial charge in [0.15, 0.2) is 0 Å². The number of aromatic hydroxyl groups is 2. The standard InChI is InChI=1S/C23H25N3O4/c1-2-3-4-7-14-26-19-9-6-5-8-18(19)21(28)20(23(26)30)22(29)25-24-15-16-10-12-17(27)13-11-16/h5-6,8-13,15,27-28H,2-4,7,14H2,1H3,(H,25,29)/b24-15-. The van der Waals surface area contributed by atoms with E-state index in [4.69, 9.17) is 0 Å². The van der Waals surface area contributed by atoms with E-state index in [2.05, 4.69) is 17.5 Å². The second-order valence-corrected chi connectivity index (χ2v) is 7.05. The Labute approximate surface area is 174 Å². The highest BCUT2D eigenvalue weighted by Gasteiger charge is 2.21. The number of nitrogens with one attached hydrogen (secondary N) is 1. The van der Waals surface area contributed by atoms with E-state index >= 15 is 0 Å². The van der Waals surface area contributed by atoms with E-state index in [1.165, 1.54) is 18.3 Å². The van der Waals surface area contributed by atoms with Gasteiger partial charge in [0.05, 0.1) is 11.7 Å². The number of carbonyl (C=O) groups is 1. The van der Waals surface area contributed by atoms with Gasteiger partial charge in [0.2, 0.25) is 0 Å². The molecule has 0 aliphatic rings. The average Bonchev–Trinajstić information content (AvgIpc) is 2.75. The molecule has 0 aliphatic heterocycles. The predicted octanol–water partition coefficient (Wildman–Crippen LogP) is 3.76. The van der Waals surface area contributed by atoms with E-state index in [1.807, 2.05) is 0 Å². The lowest BCUT2D eigenvalue weighted by atomic mass is 10.1. The van der Waals surface area contributed by atoms with Crippen LogP contribution in [0.2, 0.25) is 0 Å². The van der Waals surface area contributed by atoms with Crippen LogP contribution in [0, 0.1) is 0 Å². The van der Waals surface area contributed by atoms with E-state index in [1.54, 1.807) is 41.0 Å². The molecule has 3 rings (SSSR count). The van der Waals surface area contributed by atoms with Crippen molar-refractivity contribution in [3.63, 3.8) is 0 Å². The first kappa shape index (κ1) is 21.1. The molecule has 1 heterocycles. The molecule has 156 valence electrons. The van der Waals surface area contributed by atoms with Crippen LogP contribution in [0.4, 0.5) is 0 Å². The maximum Gasteiger partial charge on any atom is 0.280 e. The Morgan fingerprint density at radius 1 is 1.07 bits per heavy atom. The number of aromatic nitrogens is 1. The molecule has 0 spiro atoms. The number of rotatable bonds is 8. The summed E-state index contributed by atoms with van der Waals surface area (Å²) in [6.07, 6.45) is 5.33. The van der Waals surface area contributed by atoms with E-state index < -0.39 is 11.5 Å². The first-order chi connectivity index (χ1) is 14.5. The maximum absolute atomic E-state index is 13.0. The number of phenols is 1. The van der Waals surface area contributed by atoms with Crippen molar-refractivity contribution >= 4 is 23.0 Å². The molecule has 0 unspecified atom stereocenters. The van der Waals surface area contributed by atoms with Crippen LogP contribution < -0.4 is 11.0 Å². The molecule has 0 fully saturated rings. The number of fused-ring (bicyclic) bond motifs is 1. The molecule has 0 saturated carbocycles. The van der Waals surface area contributed by atoms with Gasteiger partial charge in [-0.05, 0) is 48.4 Å². The van der Waals surface area contributed by atoms with Gasteiger partial charge in [-0.25, -0.2) is 5.43 Å². The normalized spacial score (nSPS) is 11.2.